The fourth-order valence-electron chi connectivity index (χ4n) is 7.05. The van der Waals surface area contributed by atoms with Crippen molar-refractivity contribution in [1.82, 2.24) is 0 Å². The summed E-state index contributed by atoms with van der Waals surface area (Å²) in [6.07, 6.45) is 0. The number of benzene rings is 10. The third-order valence-electron chi connectivity index (χ3n) is 10.0. The van der Waals surface area contributed by atoms with Gasteiger partial charge in [-0.2, -0.15) is 0 Å². The average molecular weight is 1060 g/mol. The van der Waals surface area contributed by atoms with Gasteiger partial charge in [-0.25, -0.2) is 0 Å². The minimum atomic E-state index is -1.63. The van der Waals surface area contributed by atoms with Crippen LogP contribution in [0.5, 0.6) is 0 Å². The van der Waals surface area contributed by atoms with Gasteiger partial charge in [0, 0.05) is 0 Å². The monoisotopic (exact) mass is 1070 g/mol. The molecule has 0 heterocycles. The molecule has 64 heavy (non-hydrogen) atoms. The second-order valence-corrected chi connectivity index (χ2v) is 31.0. The Morgan fingerprint density at radius 2 is 0.281 bits per heavy atom. The summed E-state index contributed by atoms with van der Waals surface area (Å²) in [6, 6.07) is 109. The molecule has 0 N–H and O–H groups in total. The fraction of sp³-hybridized carbons (Fsp3) is 0. The molecule has 0 unspecified atom stereocenters. The van der Waals surface area contributed by atoms with Crippen LogP contribution in [-0.4, -0.2) is 59.6 Å². The molecule has 0 fully saturated rings. The first kappa shape index (κ1) is 46.4. The molecule has 6 radical (unpaired) electrons. The van der Waals surface area contributed by atoms with E-state index in [-0.39, 0.29) is 30.9 Å². The summed E-state index contributed by atoms with van der Waals surface area (Å²) in [5.41, 5.74) is 0. The van der Waals surface area contributed by atoms with Crippen LogP contribution in [0.4, 0.5) is 0 Å². The van der Waals surface area contributed by atoms with Gasteiger partial charge >= 0.3 is 407 Å². The summed E-state index contributed by atoms with van der Waals surface area (Å²) in [5, 5.41) is 0. The zero-order chi connectivity index (χ0) is 43.7. The van der Waals surface area contributed by atoms with Crippen LogP contribution >= 0.6 is 0 Å². The van der Waals surface area contributed by atoms with Gasteiger partial charge < -0.3 is 0 Å². The third-order valence-corrected chi connectivity index (χ3v) is 26.7. The van der Waals surface area contributed by atoms with Gasteiger partial charge in [0.1, 0.15) is 0 Å². The second-order valence-electron chi connectivity index (χ2n) is 14.7. The van der Waals surface area contributed by atoms with Crippen molar-refractivity contribution in [2.45, 2.75) is 0 Å². The van der Waals surface area contributed by atoms with Crippen LogP contribution < -0.4 is 44.0 Å². The van der Waals surface area contributed by atoms with Crippen molar-refractivity contribution in [3.8, 4) is 0 Å². The summed E-state index contributed by atoms with van der Waals surface area (Å²) < 4.78 is 15.0. The standard InChI is InChI=1S/2C18H15Ge.2C12H10Ge/c2*1-4-10-16(11-5-1)19(17-12-6-2-7-13-17)18-14-8-3-9-15-18;2*1-3-7-11(8-4-1)13-12-9-5-2-6-10-12/h2*1-15H;2*1-10H. The van der Waals surface area contributed by atoms with E-state index in [1.165, 1.54) is 44.0 Å². The predicted octanol–water partition coefficient (Wildman–Crippen LogP) is 7.09. The molecule has 0 aliphatic heterocycles. The van der Waals surface area contributed by atoms with E-state index in [9.17, 15) is 0 Å². The number of hydrogen-bond donors (Lipinski definition) is 0. The zero-order valence-electron chi connectivity index (χ0n) is 35.9. The average Bonchev–Trinajstić information content (AvgIpc) is 3.38. The summed E-state index contributed by atoms with van der Waals surface area (Å²) in [4.78, 5) is 0. The van der Waals surface area contributed by atoms with Gasteiger partial charge in [-0.3, -0.25) is 0 Å². The Kier molecular flexibility index (Phi) is 19.5. The van der Waals surface area contributed by atoms with E-state index >= 15 is 0 Å². The molecule has 0 aromatic heterocycles. The van der Waals surface area contributed by atoms with Crippen molar-refractivity contribution in [3.05, 3.63) is 303 Å². The molecule has 0 saturated heterocycles. The van der Waals surface area contributed by atoms with Crippen LogP contribution in [0, 0.1) is 0 Å². The Balaban J connectivity index is 0.000000130. The first-order valence-corrected chi connectivity index (χ1v) is 32.1. The molecule has 0 aliphatic carbocycles. The van der Waals surface area contributed by atoms with Gasteiger partial charge in [-0.1, -0.05) is 0 Å². The van der Waals surface area contributed by atoms with Crippen LogP contribution in [0.2, 0.25) is 0 Å². The van der Waals surface area contributed by atoms with Gasteiger partial charge in [0.25, 0.3) is 0 Å². The zero-order valence-corrected chi connectivity index (χ0v) is 44.3. The maximum absolute atomic E-state index is 2.27. The van der Waals surface area contributed by atoms with Crippen LogP contribution in [-0.2, 0) is 0 Å². The van der Waals surface area contributed by atoms with Crippen molar-refractivity contribution in [2.24, 2.45) is 0 Å². The molecule has 0 bridgehead atoms. The summed E-state index contributed by atoms with van der Waals surface area (Å²) in [7, 11) is 0. The quantitative estimate of drug-likeness (QED) is 0.129. The second kappa shape index (κ2) is 26.9. The van der Waals surface area contributed by atoms with E-state index in [4.69, 9.17) is 0 Å². The molecular formula is C60H50Ge4. The maximum atomic E-state index is 2.27. The fourth-order valence-corrected chi connectivity index (χ4v) is 22.3. The van der Waals surface area contributed by atoms with Crippen LogP contribution in [0.25, 0.3) is 0 Å². The number of rotatable bonds is 10. The van der Waals surface area contributed by atoms with E-state index in [2.05, 4.69) is 303 Å². The molecule has 0 spiro atoms. The Bertz CT molecular complexity index is 2250. The molecule has 0 amide bonds. The molecule has 0 saturated carbocycles. The first-order chi connectivity index (χ1) is 31.8. The van der Waals surface area contributed by atoms with Gasteiger partial charge in [0.15, 0.2) is 0 Å². The van der Waals surface area contributed by atoms with Crippen molar-refractivity contribution in [2.75, 3.05) is 0 Å². The molecule has 10 aromatic carbocycles. The molecule has 10 aromatic rings. The first-order valence-electron chi connectivity index (χ1n) is 21.6. The molecule has 10 rings (SSSR count). The van der Waals surface area contributed by atoms with E-state index in [0.29, 0.717) is 0 Å². The Labute approximate surface area is 403 Å². The molecule has 0 atom stereocenters. The Hall–Kier alpha value is -5.63. The summed E-state index contributed by atoms with van der Waals surface area (Å²) >= 11 is -3.48. The van der Waals surface area contributed by atoms with E-state index in [1.807, 2.05) is 0 Å². The normalized spacial score (nSPS) is 10.3. The predicted molar refractivity (Wildman–Crippen MR) is 284 cm³/mol. The summed E-state index contributed by atoms with van der Waals surface area (Å²) in [6.45, 7) is 0. The Morgan fingerprint density at radius 3 is 0.422 bits per heavy atom. The summed E-state index contributed by atoms with van der Waals surface area (Å²) in [5.74, 6) is 0. The molecule has 4 heteroatoms. The van der Waals surface area contributed by atoms with Crippen LogP contribution in [0.3, 0.4) is 0 Å². The third kappa shape index (κ3) is 15.3. The van der Waals surface area contributed by atoms with Crippen molar-refractivity contribution < 1.29 is 0 Å². The van der Waals surface area contributed by atoms with Crippen molar-refractivity contribution in [1.29, 1.82) is 0 Å². The van der Waals surface area contributed by atoms with Gasteiger partial charge in [-0.05, 0) is 0 Å². The molecule has 0 aliphatic rings. The van der Waals surface area contributed by atoms with Gasteiger partial charge in [0.05, 0.1) is 0 Å². The molecular weight excluding hydrogens is 1010 g/mol. The van der Waals surface area contributed by atoms with Crippen LogP contribution in [0.15, 0.2) is 303 Å². The molecule has 0 nitrogen and oxygen atoms in total. The van der Waals surface area contributed by atoms with Crippen LogP contribution in [0.1, 0.15) is 0 Å². The van der Waals surface area contributed by atoms with Gasteiger partial charge in [-0.15, -0.1) is 0 Å². The van der Waals surface area contributed by atoms with E-state index < -0.39 is 28.7 Å². The van der Waals surface area contributed by atoms with Crippen molar-refractivity contribution >= 4 is 104 Å². The van der Waals surface area contributed by atoms with Gasteiger partial charge in [0.2, 0.25) is 0 Å². The van der Waals surface area contributed by atoms with Crippen molar-refractivity contribution in [3.63, 3.8) is 0 Å². The topological polar surface area (TPSA) is 0 Å². The SMILES string of the molecule is c1cc[c]([Ge]([c]2ccccc2)[c]2ccccc2)cc1.c1cc[c]([Ge]([c]2ccccc2)[c]2ccccc2)cc1.c1cc[c]([Ge][c]2ccccc2)cc1.c1cc[c]([Ge][c]2ccccc2)cc1. The Morgan fingerprint density at radius 1 is 0.156 bits per heavy atom. The van der Waals surface area contributed by atoms with E-state index in [0.717, 1.165) is 0 Å². The molecule has 306 valence electrons. The number of hydrogen-bond acceptors (Lipinski definition) is 0. The van der Waals surface area contributed by atoms with E-state index in [1.54, 1.807) is 0 Å². The minimum absolute atomic E-state index is 0.108.